The summed E-state index contributed by atoms with van der Waals surface area (Å²) >= 11 is 0. The van der Waals surface area contributed by atoms with Crippen LogP contribution in [0.25, 0.3) is 0 Å². The molecule has 0 fully saturated rings. The van der Waals surface area contributed by atoms with Crippen molar-refractivity contribution in [1.29, 1.82) is 0 Å². The van der Waals surface area contributed by atoms with Gasteiger partial charge in [0.25, 0.3) is 0 Å². The monoisotopic (exact) mass is 233 g/mol. The molecule has 0 saturated carbocycles. The summed E-state index contributed by atoms with van der Waals surface area (Å²) in [6, 6.07) is 3.52. The van der Waals surface area contributed by atoms with E-state index < -0.39 is 11.7 Å². The fraction of sp³-hybridized carbons (Fsp3) is 0. The van der Waals surface area contributed by atoms with Gasteiger partial charge >= 0.3 is 59.1 Å². The Balaban J connectivity index is -0.000000151. The Morgan fingerprint density at radius 1 is 1.20 bits per heavy atom. The van der Waals surface area contributed by atoms with E-state index in [4.69, 9.17) is 5.73 Å². The first-order valence-electron chi connectivity index (χ1n) is 2.89. The molecular formula is C7H9NNa2O5. The van der Waals surface area contributed by atoms with Crippen LogP contribution in [0.2, 0.25) is 0 Å². The van der Waals surface area contributed by atoms with Crippen LogP contribution in [0.3, 0.4) is 0 Å². The van der Waals surface area contributed by atoms with E-state index in [1.807, 2.05) is 0 Å². The number of aromatic carboxylic acids is 1. The molecule has 6 N–H and O–H groups in total. The second kappa shape index (κ2) is 10.7. The van der Waals surface area contributed by atoms with Crippen molar-refractivity contribution in [3.63, 3.8) is 0 Å². The number of nitrogen functional groups attached to an aromatic ring is 1. The summed E-state index contributed by atoms with van der Waals surface area (Å²) in [5, 5.41) is 21.0. The molecule has 1 rings (SSSR count). The van der Waals surface area contributed by atoms with Crippen LogP contribution in [0.5, 0.6) is 5.75 Å². The van der Waals surface area contributed by atoms with Gasteiger partial charge in [-0.2, -0.15) is 0 Å². The van der Waals surface area contributed by atoms with E-state index in [2.05, 4.69) is 0 Å². The van der Waals surface area contributed by atoms with Crippen LogP contribution in [0.15, 0.2) is 18.2 Å². The fourth-order valence-electron chi connectivity index (χ4n) is 0.708. The Labute approximate surface area is 131 Å². The van der Waals surface area contributed by atoms with Gasteiger partial charge in [0.05, 0.1) is 5.97 Å². The minimum atomic E-state index is -1.48. The van der Waals surface area contributed by atoms with E-state index in [1.165, 1.54) is 6.07 Å². The molecule has 8 heteroatoms. The smallest absolute Gasteiger partial charge is 0.872 e. The molecule has 15 heavy (non-hydrogen) atoms. The Morgan fingerprint density at radius 2 is 1.67 bits per heavy atom. The molecule has 0 radical (unpaired) electrons. The third-order valence-electron chi connectivity index (χ3n) is 1.23. The largest absolute Gasteiger partial charge is 1.00 e. The van der Waals surface area contributed by atoms with Crippen LogP contribution < -0.4 is 75.1 Å². The maximum absolute atomic E-state index is 10.8. The molecule has 1 aromatic rings. The quantitative estimate of drug-likeness (QED) is 0.378. The third kappa shape index (κ3) is 7.15. The average molecular weight is 233 g/mol. The maximum Gasteiger partial charge on any atom is 1.00 e. The summed E-state index contributed by atoms with van der Waals surface area (Å²) < 4.78 is 0. The summed E-state index contributed by atoms with van der Waals surface area (Å²) in [5.74, 6) is -2.10. The molecule has 0 unspecified atom stereocenters. The number of rotatable bonds is 1. The number of benzene rings is 1. The molecule has 1 aromatic carbocycles. The fourth-order valence-corrected chi connectivity index (χ4v) is 0.708. The van der Waals surface area contributed by atoms with Crippen molar-refractivity contribution in [1.82, 2.24) is 0 Å². The predicted molar refractivity (Wildman–Crippen MR) is 41.9 cm³/mol. The summed E-state index contributed by atoms with van der Waals surface area (Å²) in [7, 11) is 0. The second-order valence-electron chi connectivity index (χ2n) is 2.04. The molecule has 0 heterocycles. The van der Waals surface area contributed by atoms with Crippen molar-refractivity contribution in [2.45, 2.75) is 0 Å². The first-order chi connectivity index (χ1) is 5.11. The van der Waals surface area contributed by atoms with E-state index in [-0.39, 0.29) is 81.3 Å². The molecule has 0 amide bonds. The normalized spacial score (nSPS) is 6.93. The molecule has 0 aliphatic carbocycles. The van der Waals surface area contributed by atoms with Crippen molar-refractivity contribution in [2.24, 2.45) is 0 Å². The Morgan fingerprint density at radius 3 is 2.00 bits per heavy atom. The van der Waals surface area contributed by atoms with Crippen molar-refractivity contribution in [2.75, 3.05) is 5.73 Å². The standard InChI is InChI=1S/C7H7NO3.2Na.2H2O/c8-4-1-2-5(7(10)11)6(9)3-4;;;;/h1-3,9H,8H2,(H,10,11);;;2*1H2/q;2*+1;;/p-2. The Kier molecular flexibility index (Phi) is 17.5. The van der Waals surface area contributed by atoms with Gasteiger partial charge in [0.2, 0.25) is 0 Å². The Hall–Kier alpha value is 0.210. The van der Waals surface area contributed by atoms with Crippen LogP contribution in [0, 0.1) is 0 Å². The van der Waals surface area contributed by atoms with E-state index in [0.717, 1.165) is 12.1 Å². The number of anilines is 1. The Bertz CT molecular complexity index is 307. The van der Waals surface area contributed by atoms with Gasteiger partial charge in [-0.1, -0.05) is 11.8 Å². The third-order valence-corrected chi connectivity index (χ3v) is 1.23. The molecule has 0 saturated heterocycles. The van der Waals surface area contributed by atoms with Crippen LogP contribution in [0.1, 0.15) is 10.4 Å². The summed E-state index contributed by atoms with van der Waals surface area (Å²) in [6.07, 6.45) is 0. The van der Waals surface area contributed by atoms with E-state index in [9.17, 15) is 15.0 Å². The van der Waals surface area contributed by atoms with Crippen LogP contribution in [0.4, 0.5) is 5.69 Å². The zero-order chi connectivity index (χ0) is 8.43. The number of nitrogens with two attached hydrogens (primary N) is 1. The van der Waals surface area contributed by atoms with Gasteiger partial charge in [0.1, 0.15) is 0 Å². The van der Waals surface area contributed by atoms with E-state index >= 15 is 0 Å². The van der Waals surface area contributed by atoms with Crippen molar-refractivity contribution in [3.05, 3.63) is 23.8 Å². The molecule has 0 aliphatic rings. The van der Waals surface area contributed by atoms with Crippen molar-refractivity contribution < 1.29 is 85.1 Å². The number of hydrogen-bond acceptors (Lipinski definition) is 4. The molecule has 0 spiro atoms. The molecular weight excluding hydrogens is 224 g/mol. The van der Waals surface area contributed by atoms with Crippen LogP contribution in [-0.2, 0) is 0 Å². The van der Waals surface area contributed by atoms with Crippen molar-refractivity contribution in [3.8, 4) is 5.75 Å². The number of carbonyl (C=O) groups is 1. The van der Waals surface area contributed by atoms with Crippen molar-refractivity contribution >= 4 is 11.7 Å². The maximum atomic E-state index is 10.8. The molecule has 74 valence electrons. The topological polar surface area (TPSA) is 152 Å². The zero-order valence-electron chi connectivity index (χ0n) is 8.53. The number of carbonyl (C=O) groups excluding carboxylic acids is 1. The molecule has 0 aliphatic heterocycles. The summed E-state index contributed by atoms with van der Waals surface area (Å²) in [5.41, 5.74) is 5.10. The van der Waals surface area contributed by atoms with Gasteiger partial charge in [-0.3, -0.25) is 0 Å². The van der Waals surface area contributed by atoms with Gasteiger partial charge in [0.15, 0.2) is 0 Å². The summed E-state index contributed by atoms with van der Waals surface area (Å²) in [6.45, 7) is 0. The van der Waals surface area contributed by atoms with Gasteiger partial charge in [-0.25, -0.2) is 0 Å². The molecule has 0 aromatic heterocycles. The van der Waals surface area contributed by atoms with Gasteiger partial charge in [-0.05, 0) is 17.7 Å². The SMILES string of the molecule is Nc1ccc(C(=O)[O-])c([O-])c1.O.O.[Na+].[Na+]. The average Bonchev–Trinajstić information content (AvgIpc) is 1.85. The van der Waals surface area contributed by atoms with E-state index in [1.54, 1.807) is 0 Å². The first-order valence-corrected chi connectivity index (χ1v) is 2.89. The number of carboxylic acids is 1. The summed E-state index contributed by atoms with van der Waals surface area (Å²) in [4.78, 5) is 10.2. The van der Waals surface area contributed by atoms with E-state index in [0.29, 0.717) is 0 Å². The van der Waals surface area contributed by atoms with Crippen LogP contribution >= 0.6 is 0 Å². The zero-order valence-corrected chi connectivity index (χ0v) is 12.5. The molecule has 0 atom stereocenters. The second-order valence-corrected chi connectivity index (χ2v) is 2.04. The number of carboxylic acid groups (broad SMARTS) is 1. The van der Waals surface area contributed by atoms with Crippen LogP contribution in [-0.4, -0.2) is 16.9 Å². The van der Waals surface area contributed by atoms with Gasteiger partial charge in [0, 0.05) is 5.69 Å². The molecule has 6 nitrogen and oxygen atoms in total. The minimum absolute atomic E-state index is 0. The first kappa shape index (κ1) is 24.4. The molecule has 0 bridgehead atoms. The van der Waals surface area contributed by atoms with Gasteiger partial charge in [-0.15, -0.1) is 0 Å². The predicted octanol–water partition coefficient (Wildman–Crippen LogP) is -8.94. The van der Waals surface area contributed by atoms with Gasteiger partial charge < -0.3 is 31.7 Å². The number of hydrogen-bond donors (Lipinski definition) is 1. The minimum Gasteiger partial charge on any atom is -0.872 e.